The molecular weight excluding hydrogens is 276 g/mol. The summed E-state index contributed by atoms with van der Waals surface area (Å²) in [7, 11) is 0. The van der Waals surface area contributed by atoms with Crippen molar-refractivity contribution in [2.75, 3.05) is 18.9 Å². The molecule has 1 aromatic rings. The van der Waals surface area contributed by atoms with Crippen molar-refractivity contribution in [3.63, 3.8) is 0 Å². The van der Waals surface area contributed by atoms with Crippen LogP contribution in [0.2, 0.25) is 0 Å². The highest BCUT2D eigenvalue weighted by molar-refractivity contribution is 7.13. The number of nitrogens with two attached hydrogens (primary N) is 2. The molecule has 1 spiro atoms. The summed E-state index contributed by atoms with van der Waals surface area (Å²) in [5.74, 6) is -0.410. The second-order valence-electron chi connectivity index (χ2n) is 5.56. The van der Waals surface area contributed by atoms with Crippen LogP contribution in [0.1, 0.15) is 51.7 Å². The van der Waals surface area contributed by atoms with Gasteiger partial charge in [-0.05, 0) is 25.7 Å². The highest BCUT2D eigenvalue weighted by Gasteiger charge is 2.41. The molecule has 2 aliphatic rings. The summed E-state index contributed by atoms with van der Waals surface area (Å²) < 4.78 is 11.5. The molecule has 1 amide bonds. The summed E-state index contributed by atoms with van der Waals surface area (Å²) >= 11 is 1.60. The van der Waals surface area contributed by atoms with E-state index in [2.05, 4.69) is 0 Å². The summed E-state index contributed by atoms with van der Waals surface area (Å²) in [6.07, 6.45) is 3.73. The number of carbonyl (C=O) groups excluding carboxylic acids is 1. The van der Waals surface area contributed by atoms with Gasteiger partial charge in [0.1, 0.15) is 0 Å². The van der Waals surface area contributed by atoms with Crippen LogP contribution in [0.15, 0.2) is 0 Å². The fourth-order valence-corrected chi connectivity index (χ4v) is 4.56. The van der Waals surface area contributed by atoms with Crippen molar-refractivity contribution in [1.82, 2.24) is 0 Å². The zero-order valence-corrected chi connectivity index (χ0v) is 12.4. The number of nitrogen functional groups attached to an aromatic ring is 1. The van der Waals surface area contributed by atoms with Gasteiger partial charge in [0.05, 0.1) is 24.5 Å². The van der Waals surface area contributed by atoms with Crippen LogP contribution >= 0.6 is 11.3 Å². The van der Waals surface area contributed by atoms with E-state index in [1.54, 1.807) is 11.3 Å². The van der Waals surface area contributed by atoms with Crippen LogP contribution in [-0.4, -0.2) is 24.9 Å². The zero-order chi connectivity index (χ0) is 14.3. The Balaban J connectivity index is 1.78. The lowest BCUT2D eigenvalue weighted by molar-refractivity contribution is -0.178. The molecule has 4 N–H and O–H groups in total. The number of thiophene rings is 1. The van der Waals surface area contributed by atoms with Crippen molar-refractivity contribution >= 4 is 22.9 Å². The van der Waals surface area contributed by atoms with Crippen LogP contribution < -0.4 is 11.5 Å². The predicted molar refractivity (Wildman–Crippen MR) is 77.8 cm³/mol. The number of amides is 1. The number of anilines is 1. The molecule has 0 radical (unpaired) electrons. The molecule has 1 aromatic heterocycles. The first kappa shape index (κ1) is 13.9. The maximum absolute atomic E-state index is 11.5. The minimum absolute atomic E-state index is 0.357. The molecule has 0 bridgehead atoms. The van der Waals surface area contributed by atoms with Crippen LogP contribution in [0.4, 0.5) is 5.69 Å². The van der Waals surface area contributed by atoms with Crippen molar-refractivity contribution in [1.29, 1.82) is 0 Å². The molecule has 1 saturated heterocycles. The van der Waals surface area contributed by atoms with Crippen molar-refractivity contribution < 1.29 is 14.3 Å². The molecule has 3 rings (SSSR count). The first-order valence-electron chi connectivity index (χ1n) is 6.99. The molecule has 0 aromatic carbocycles. The van der Waals surface area contributed by atoms with Gasteiger partial charge in [-0.2, -0.15) is 0 Å². The number of rotatable bonds is 2. The van der Waals surface area contributed by atoms with E-state index < -0.39 is 5.91 Å². The average molecular weight is 296 g/mol. The second kappa shape index (κ2) is 5.02. The summed E-state index contributed by atoms with van der Waals surface area (Å²) in [5, 5.41) is 0. The lowest BCUT2D eigenvalue weighted by Crippen LogP contribution is -2.34. The van der Waals surface area contributed by atoms with Crippen molar-refractivity contribution in [3.05, 3.63) is 15.3 Å². The van der Waals surface area contributed by atoms with E-state index in [1.165, 1.54) is 0 Å². The smallest absolute Gasteiger partial charge is 0.251 e. The van der Waals surface area contributed by atoms with E-state index in [0.717, 1.165) is 35.4 Å². The van der Waals surface area contributed by atoms with E-state index in [1.807, 2.05) is 6.92 Å². The molecule has 2 fully saturated rings. The molecule has 5 nitrogen and oxygen atoms in total. The number of carbonyl (C=O) groups is 1. The Morgan fingerprint density at radius 1 is 1.30 bits per heavy atom. The van der Waals surface area contributed by atoms with E-state index in [4.69, 9.17) is 20.9 Å². The van der Waals surface area contributed by atoms with Crippen LogP contribution in [0.3, 0.4) is 0 Å². The Bertz CT molecular complexity index is 525. The maximum atomic E-state index is 11.5. The number of hydrogen-bond donors (Lipinski definition) is 2. The third-order valence-electron chi connectivity index (χ3n) is 4.33. The minimum atomic E-state index is -0.433. The molecule has 6 heteroatoms. The fourth-order valence-electron chi connectivity index (χ4n) is 3.30. The van der Waals surface area contributed by atoms with Crippen molar-refractivity contribution in [3.8, 4) is 0 Å². The van der Waals surface area contributed by atoms with E-state index in [0.29, 0.717) is 30.4 Å². The molecule has 0 atom stereocenters. The number of primary amides is 1. The summed E-state index contributed by atoms with van der Waals surface area (Å²) in [4.78, 5) is 13.5. The molecule has 1 saturated carbocycles. The first-order chi connectivity index (χ1) is 9.52. The van der Waals surface area contributed by atoms with Gasteiger partial charge < -0.3 is 20.9 Å². The summed E-state index contributed by atoms with van der Waals surface area (Å²) in [5.41, 5.74) is 12.6. The fraction of sp³-hybridized carbons (Fsp3) is 0.643. The van der Waals surface area contributed by atoms with Crippen LogP contribution in [0.25, 0.3) is 0 Å². The van der Waals surface area contributed by atoms with Gasteiger partial charge in [-0.15, -0.1) is 11.3 Å². The third-order valence-corrected chi connectivity index (χ3v) is 5.61. The number of aryl methyl sites for hydroxylation is 1. The SMILES string of the molecule is Cc1sc(C2CCC3(CC2)OCCO3)c(N)c1C(N)=O. The van der Waals surface area contributed by atoms with Gasteiger partial charge in [0.25, 0.3) is 5.91 Å². The normalized spacial score (nSPS) is 22.4. The van der Waals surface area contributed by atoms with Crippen LogP contribution in [-0.2, 0) is 9.47 Å². The van der Waals surface area contributed by atoms with Gasteiger partial charge in [-0.1, -0.05) is 0 Å². The summed E-state index contributed by atoms with van der Waals surface area (Å²) in [6.45, 7) is 3.28. The largest absolute Gasteiger partial charge is 0.397 e. The monoisotopic (exact) mass is 296 g/mol. The van der Waals surface area contributed by atoms with E-state index in [-0.39, 0.29) is 5.79 Å². The lowest BCUT2D eigenvalue weighted by atomic mass is 9.83. The highest BCUT2D eigenvalue weighted by Crippen LogP contribution is 2.46. The molecule has 0 unspecified atom stereocenters. The molecule has 110 valence electrons. The lowest BCUT2D eigenvalue weighted by Gasteiger charge is -2.35. The standard InChI is InChI=1S/C14H20N2O3S/c1-8-10(13(16)17)11(15)12(20-8)9-2-4-14(5-3-9)18-6-7-19-14/h9H,2-7,15H2,1H3,(H2,16,17). The topological polar surface area (TPSA) is 87.6 Å². The van der Waals surface area contributed by atoms with Crippen LogP contribution in [0.5, 0.6) is 0 Å². The Hall–Kier alpha value is -1.11. The van der Waals surface area contributed by atoms with Gasteiger partial charge in [0.2, 0.25) is 0 Å². The quantitative estimate of drug-likeness (QED) is 0.875. The minimum Gasteiger partial charge on any atom is -0.397 e. The van der Waals surface area contributed by atoms with Gasteiger partial charge in [0, 0.05) is 22.6 Å². The van der Waals surface area contributed by atoms with E-state index in [9.17, 15) is 4.79 Å². The highest BCUT2D eigenvalue weighted by atomic mass is 32.1. The average Bonchev–Trinajstić information content (AvgIpc) is 2.96. The van der Waals surface area contributed by atoms with Crippen molar-refractivity contribution in [2.24, 2.45) is 5.73 Å². The maximum Gasteiger partial charge on any atom is 0.251 e. The molecule has 20 heavy (non-hydrogen) atoms. The molecule has 2 heterocycles. The van der Waals surface area contributed by atoms with Gasteiger partial charge in [-0.3, -0.25) is 4.79 Å². The van der Waals surface area contributed by atoms with Crippen molar-refractivity contribution in [2.45, 2.75) is 44.3 Å². The second-order valence-corrected chi connectivity index (χ2v) is 6.81. The predicted octanol–water partition coefficient (Wildman–Crippen LogP) is 2.14. The zero-order valence-electron chi connectivity index (χ0n) is 11.6. The first-order valence-corrected chi connectivity index (χ1v) is 7.80. The number of hydrogen-bond acceptors (Lipinski definition) is 5. The molecular formula is C14H20N2O3S. The number of ether oxygens (including phenoxy) is 2. The molecule has 1 aliphatic heterocycles. The molecule has 1 aliphatic carbocycles. The Morgan fingerprint density at radius 3 is 2.40 bits per heavy atom. The van der Waals surface area contributed by atoms with Crippen LogP contribution in [0, 0.1) is 6.92 Å². The Labute approximate surface area is 122 Å². The summed E-state index contributed by atoms with van der Waals surface area (Å²) in [6, 6.07) is 0. The Kier molecular flexibility index (Phi) is 3.48. The third kappa shape index (κ3) is 2.21. The van der Waals surface area contributed by atoms with Gasteiger partial charge in [0.15, 0.2) is 5.79 Å². The van der Waals surface area contributed by atoms with Gasteiger partial charge in [-0.25, -0.2) is 0 Å². The Morgan fingerprint density at radius 2 is 1.90 bits per heavy atom. The van der Waals surface area contributed by atoms with E-state index >= 15 is 0 Å². The van der Waals surface area contributed by atoms with Gasteiger partial charge >= 0.3 is 0 Å².